The molecule has 0 aromatic heterocycles. The summed E-state index contributed by atoms with van der Waals surface area (Å²) < 4.78 is 19.1. The van der Waals surface area contributed by atoms with Crippen LogP contribution < -0.4 is 5.32 Å². The van der Waals surface area contributed by atoms with E-state index in [1.165, 1.54) is 12.1 Å². The highest BCUT2D eigenvalue weighted by molar-refractivity contribution is 5.36. The lowest BCUT2D eigenvalue weighted by Gasteiger charge is -2.26. The van der Waals surface area contributed by atoms with E-state index in [-0.39, 0.29) is 24.8 Å². The van der Waals surface area contributed by atoms with Crippen LogP contribution in [0, 0.1) is 15.9 Å². The molecule has 0 amide bonds. The minimum absolute atomic E-state index is 0.114. The summed E-state index contributed by atoms with van der Waals surface area (Å²) in [6, 6.07) is 4.04. The van der Waals surface area contributed by atoms with Crippen molar-refractivity contribution in [1.82, 2.24) is 5.32 Å². The molecule has 2 N–H and O–H groups in total. The topological polar surface area (TPSA) is 84.6 Å². The van der Waals surface area contributed by atoms with Crippen molar-refractivity contribution in [3.63, 3.8) is 0 Å². The zero-order chi connectivity index (χ0) is 14.8. The van der Waals surface area contributed by atoms with Gasteiger partial charge in [0.1, 0.15) is 5.60 Å². The molecule has 0 spiro atoms. The molecule has 20 heavy (non-hydrogen) atoms. The highest BCUT2D eigenvalue weighted by atomic mass is 19.1. The van der Waals surface area contributed by atoms with Gasteiger partial charge in [0.05, 0.1) is 11.0 Å². The van der Waals surface area contributed by atoms with Gasteiger partial charge in [-0.3, -0.25) is 10.1 Å². The lowest BCUT2D eigenvalue weighted by Crippen LogP contribution is -2.45. The number of nitrogens with zero attached hydrogens (tertiary/aromatic N) is 1. The van der Waals surface area contributed by atoms with E-state index < -0.39 is 22.0 Å². The summed E-state index contributed by atoms with van der Waals surface area (Å²) in [5, 5.41) is 23.8. The predicted molar refractivity (Wildman–Crippen MR) is 69.7 cm³/mol. The summed E-state index contributed by atoms with van der Waals surface area (Å²) in [7, 11) is 0. The Balaban J connectivity index is 1.98. The van der Waals surface area contributed by atoms with Crippen molar-refractivity contribution in [3.8, 4) is 0 Å². The van der Waals surface area contributed by atoms with Gasteiger partial charge >= 0.3 is 5.69 Å². The summed E-state index contributed by atoms with van der Waals surface area (Å²) in [5.74, 6) is -0.840. The molecular weight excluding hydrogens is 267 g/mol. The van der Waals surface area contributed by atoms with Crippen LogP contribution in [0.15, 0.2) is 18.2 Å². The maximum atomic E-state index is 13.8. The van der Waals surface area contributed by atoms with Gasteiger partial charge in [0.15, 0.2) is 0 Å². The van der Waals surface area contributed by atoms with Gasteiger partial charge in [0, 0.05) is 37.7 Å². The van der Waals surface area contributed by atoms with Gasteiger partial charge in [0.25, 0.3) is 0 Å². The Hall–Kier alpha value is -1.57. The smallest absolute Gasteiger partial charge is 0.305 e. The summed E-state index contributed by atoms with van der Waals surface area (Å²) in [4.78, 5) is 9.89. The van der Waals surface area contributed by atoms with E-state index >= 15 is 0 Å². The lowest BCUT2D eigenvalue weighted by atomic mass is 9.96. The van der Waals surface area contributed by atoms with E-state index in [0.717, 1.165) is 6.07 Å². The molecular formula is C13H17FN2O4. The third-order valence-corrected chi connectivity index (χ3v) is 3.66. The van der Waals surface area contributed by atoms with Crippen LogP contribution in [-0.4, -0.2) is 34.9 Å². The van der Waals surface area contributed by atoms with Gasteiger partial charge in [-0.1, -0.05) is 12.1 Å². The van der Waals surface area contributed by atoms with E-state index in [0.29, 0.717) is 13.0 Å². The minimum atomic E-state index is -0.975. The first kappa shape index (κ1) is 14.8. The molecule has 0 bridgehead atoms. The maximum Gasteiger partial charge on any atom is 0.305 e. The van der Waals surface area contributed by atoms with Gasteiger partial charge in [-0.15, -0.1) is 0 Å². The molecule has 0 aliphatic carbocycles. The van der Waals surface area contributed by atoms with E-state index in [1.807, 2.05) is 0 Å². The number of nitro groups is 1. The van der Waals surface area contributed by atoms with Crippen LogP contribution >= 0.6 is 0 Å². The molecule has 2 unspecified atom stereocenters. The number of benzene rings is 1. The molecule has 1 aromatic carbocycles. The Morgan fingerprint density at radius 3 is 3.00 bits per heavy atom. The largest absolute Gasteiger partial charge is 0.386 e. The number of hydrogen-bond donors (Lipinski definition) is 2. The third-order valence-electron chi connectivity index (χ3n) is 3.66. The highest BCUT2D eigenvalue weighted by Gasteiger charge is 2.39. The van der Waals surface area contributed by atoms with Crippen LogP contribution in [0.4, 0.5) is 10.1 Å². The van der Waals surface area contributed by atoms with Gasteiger partial charge in [-0.05, 0) is 6.92 Å². The van der Waals surface area contributed by atoms with E-state index in [1.54, 1.807) is 6.92 Å². The van der Waals surface area contributed by atoms with Crippen molar-refractivity contribution in [2.75, 3.05) is 13.2 Å². The molecule has 1 aliphatic heterocycles. The average molecular weight is 284 g/mol. The molecule has 1 heterocycles. The van der Waals surface area contributed by atoms with Crippen molar-refractivity contribution >= 4 is 5.69 Å². The Labute approximate surface area is 115 Å². The van der Waals surface area contributed by atoms with Crippen LogP contribution in [-0.2, 0) is 11.3 Å². The first-order chi connectivity index (χ1) is 9.44. The number of nitrogens with one attached hydrogen (secondary N) is 1. The Bertz CT molecular complexity index is 511. The second-order valence-electron chi connectivity index (χ2n) is 4.98. The van der Waals surface area contributed by atoms with Crippen LogP contribution in [0.25, 0.3) is 0 Å². The molecule has 0 radical (unpaired) electrons. The van der Waals surface area contributed by atoms with Gasteiger partial charge in [-0.2, -0.15) is 4.39 Å². The van der Waals surface area contributed by atoms with Gasteiger partial charge in [-0.25, -0.2) is 0 Å². The first-order valence-electron chi connectivity index (χ1n) is 6.40. The van der Waals surface area contributed by atoms with E-state index in [9.17, 15) is 19.6 Å². The molecule has 110 valence electrons. The second kappa shape index (κ2) is 5.82. The Morgan fingerprint density at radius 2 is 2.40 bits per heavy atom. The molecule has 1 saturated heterocycles. The Morgan fingerprint density at radius 1 is 1.65 bits per heavy atom. The fourth-order valence-electron chi connectivity index (χ4n) is 2.26. The number of nitro benzene ring substituents is 1. The molecule has 6 nitrogen and oxygen atoms in total. The quantitative estimate of drug-likeness (QED) is 0.630. The normalized spacial score (nSPS) is 25.9. The van der Waals surface area contributed by atoms with Gasteiger partial charge < -0.3 is 15.2 Å². The van der Waals surface area contributed by atoms with Crippen LogP contribution in [0.5, 0.6) is 0 Å². The van der Waals surface area contributed by atoms with Crippen LogP contribution in [0.1, 0.15) is 18.9 Å². The second-order valence-corrected chi connectivity index (χ2v) is 4.98. The summed E-state index contributed by atoms with van der Waals surface area (Å²) in [5.41, 5.74) is -1.31. The summed E-state index contributed by atoms with van der Waals surface area (Å²) in [6.45, 7) is 2.63. The fraction of sp³-hybridized carbons (Fsp3) is 0.538. The number of halogens is 1. The Kier molecular flexibility index (Phi) is 4.32. The van der Waals surface area contributed by atoms with Crippen molar-refractivity contribution in [3.05, 3.63) is 39.7 Å². The maximum absolute atomic E-state index is 13.8. The van der Waals surface area contributed by atoms with Crippen molar-refractivity contribution in [2.24, 2.45) is 0 Å². The van der Waals surface area contributed by atoms with Crippen LogP contribution in [0.3, 0.4) is 0 Å². The number of rotatable bonds is 5. The lowest BCUT2D eigenvalue weighted by molar-refractivity contribution is -0.387. The monoisotopic (exact) mass is 284 g/mol. The first-order valence-corrected chi connectivity index (χ1v) is 6.40. The number of ether oxygens (including phenoxy) is 1. The van der Waals surface area contributed by atoms with E-state index in [4.69, 9.17) is 4.74 Å². The molecule has 1 aromatic rings. The SMILES string of the molecule is CC1OCCC1(O)CNCc1cccc([N+](=O)[O-])c1F. The predicted octanol–water partition coefficient (Wildman–Crippen LogP) is 1.36. The summed E-state index contributed by atoms with van der Waals surface area (Å²) >= 11 is 0. The molecule has 2 atom stereocenters. The third kappa shape index (κ3) is 2.95. The zero-order valence-electron chi connectivity index (χ0n) is 11.1. The average Bonchev–Trinajstić information content (AvgIpc) is 2.71. The van der Waals surface area contributed by atoms with Crippen molar-refractivity contribution in [1.29, 1.82) is 0 Å². The minimum Gasteiger partial charge on any atom is -0.386 e. The van der Waals surface area contributed by atoms with E-state index in [2.05, 4.69) is 5.32 Å². The molecule has 0 saturated carbocycles. The highest BCUT2D eigenvalue weighted by Crippen LogP contribution is 2.25. The van der Waals surface area contributed by atoms with Crippen LogP contribution in [0.2, 0.25) is 0 Å². The van der Waals surface area contributed by atoms with Gasteiger partial charge in [0.2, 0.25) is 5.82 Å². The summed E-state index contributed by atoms with van der Waals surface area (Å²) in [6.07, 6.45) is 0.225. The number of hydrogen-bond acceptors (Lipinski definition) is 5. The molecule has 7 heteroatoms. The number of aliphatic hydroxyl groups is 1. The fourth-order valence-corrected chi connectivity index (χ4v) is 2.26. The molecule has 1 fully saturated rings. The standard InChI is InChI=1S/C13H17FN2O4/c1-9-13(17,5-6-20-9)8-15-7-10-3-2-4-11(12(10)14)16(18)19/h2-4,9,15,17H,5-8H2,1H3. The zero-order valence-corrected chi connectivity index (χ0v) is 11.1. The van der Waals surface area contributed by atoms with Crippen molar-refractivity contribution < 1.29 is 19.2 Å². The van der Waals surface area contributed by atoms with Crippen molar-refractivity contribution in [2.45, 2.75) is 31.6 Å². The molecule has 2 rings (SSSR count). The molecule has 1 aliphatic rings.